The summed E-state index contributed by atoms with van der Waals surface area (Å²) >= 11 is 2.56. The van der Waals surface area contributed by atoms with Gasteiger partial charge in [-0.1, -0.05) is 0 Å². The number of carbonyl (C=O) groups is 2. The number of thiophene rings is 1. The summed E-state index contributed by atoms with van der Waals surface area (Å²) in [6.07, 6.45) is 0. The van der Waals surface area contributed by atoms with Crippen molar-refractivity contribution >= 4 is 50.3 Å². The van der Waals surface area contributed by atoms with E-state index in [2.05, 4.69) is 10.3 Å². The first-order valence-electron chi connectivity index (χ1n) is 6.58. The summed E-state index contributed by atoms with van der Waals surface area (Å²) in [6.45, 7) is 0.372. The van der Waals surface area contributed by atoms with Gasteiger partial charge < -0.3 is 15.2 Å². The second-order valence-corrected chi connectivity index (χ2v) is 6.71. The van der Waals surface area contributed by atoms with Gasteiger partial charge in [-0.05, 0) is 29.7 Å². The molecule has 0 aliphatic carbocycles. The van der Waals surface area contributed by atoms with Crippen LogP contribution in [0.3, 0.4) is 0 Å². The fraction of sp³-hybridized carbons (Fsp3) is 0.133. The molecule has 0 radical (unpaired) electrons. The van der Waals surface area contributed by atoms with E-state index >= 15 is 0 Å². The maximum Gasteiger partial charge on any atom is 0.345 e. The molecule has 0 aliphatic rings. The number of thiazole rings is 1. The Balaban J connectivity index is 1.79. The van der Waals surface area contributed by atoms with Gasteiger partial charge in [0.15, 0.2) is 0 Å². The van der Waals surface area contributed by atoms with Crippen molar-refractivity contribution < 1.29 is 19.4 Å². The zero-order chi connectivity index (χ0) is 16.4. The van der Waals surface area contributed by atoms with Crippen LogP contribution >= 0.6 is 22.7 Å². The number of nitrogens with zero attached hydrogens (tertiary/aromatic N) is 1. The van der Waals surface area contributed by atoms with Crippen LogP contribution in [0.15, 0.2) is 29.6 Å². The van der Waals surface area contributed by atoms with Crippen LogP contribution in [0.4, 0.5) is 5.69 Å². The molecule has 0 aliphatic heterocycles. The summed E-state index contributed by atoms with van der Waals surface area (Å²) in [5.41, 5.74) is 0.928. The second kappa shape index (κ2) is 6.45. The molecule has 3 aromatic rings. The van der Waals surface area contributed by atoms with Crippen molar-refractivity contribution in [1.29, 1.82) is 0 Å². The number of rotatable bonds is 5. The quantitative estimate of drug-likeness (QED) is 0.737. The van der Waals surface area contributed by atoms with Gasteiger partial charge in [0.2, 0.25) is 0 Å². The van der Waals surface area contributed by atoms with Crippen LogP contribution in [-0.4, -0.2) is 29.1 Å². The average molecular weight is 348 g/mol. The zero-order valence-corrected chi connectivity index (χ0v) is 13.7. The van der Waals surface area contributed by atoms with Gasteiger partial charge in [0, 0.05) is 22.9 Å². The first-order valence-corrected chi connectivity index (χ1v) is 8.28. The Morgan fingerprint density at radius 3 is 2.91 bits per heavy atom. The van der Waals surface area contributed by atoms with Crippen molar-refractivity contribution in [3.8, 4) is 0 Å². The molecular weight excluding hydrogens is 336 g/mol. The molecule has 6 nitrogen and oxygen atoms in total. The highest BCUT2D eigenvalue weighted by molar-refractivity contribution is 7.20. The highest BCUT2D eigenvalue weighted by Gasteiger charge is 2.13. The third-order valence-electron chi connectivity index (χ3n) is 3.04. The van der Waals surface area contributed by atoms with E-state index in [1.165, 1.54) is 22.7 Å². The Hall–Kier alpha value is -2.29. The zero-order valence-electron chi connectivity index (χ0n) is 12.0. The van der Waals surface area contributed by atoms with Crippen molar-refractivity contribution in [3.63, 3.8) is 0 Å². The van der Waals surface area contributed by atoms with Gasteiger partial charge in [-0.25, -0.2) is 9.78 Å². The van der Waals surface area contributed by atoms with Crippen molar-refractivity contribution in [2.45, 2.75) is 6.61 Å². The predicted octanol–water partition coefficient (Wildman–Crippen LogP) is 3.45. The number of carboxylic acids is 1. The average Bonchev–Trinajstić information content (AvgIpc) is 3.13. The largest absolute Gasteiger partial charge is 0.477 e. The lowest BCUT2D eigenvalue weighted by atomic mass is 10.2. The van der Waals surface area contributed by atoms with E-state index in [4.69, 9.17) is 9.84 Å². The fourth-order valence-corrected chi connectivity index (χ4v) is 3.65. The molecule has 0 fully saturated rings. The fourth-order valence-electron chi connectivity index (χ4n) is 2.03. The molecule has 23 heavy (non-hydrogen) atoms. The topological polar surface area (TPSA) is 88.5 Å². The van der Waals surface area contributed by atoms with Crippen molar-refractivity contribution in [1.82, 2.24) is 4.98 Å². The minimum absolute atomic E-state index is 0.271. The maximum absolute atomic E-state index is 12.2. The molecule has 0 spiro atoms. The van der Waals surface area contributed by atoms with Gasteiger partial charge >= 0.3 is 5.97 Å². The molecule has 0 saturated carbocycles. The van der Waals surface area contributed by atoms with E-state index < -0.39 is 5.97 Å². The van der Waals surface area contributed by atoms with Crippen LogP contribution in [0.5, 0.6) is 0 Å². The van der Waals surface area contributed by atoms with Crippen LogP contribution in [0.25, 0.3) is 10.1 Å². The van der Waals surface area contributed by atoms with Gasteiger partial charge in [-0.15, -0.1) is 22.7 Å². The monoisotopic (exact) mass is 348 g/mol. The molecule has 0 atom stereocenters. The van der Waals surface area contributed by atoms with Crippen LogP contribution in [0.2, 0.25) is 0 Å². The number of methoxy groups -OCH3 is 1. The molecule has 8 heteroatoms. The number of fused-ring (bicyclic) bond motifs is 1. The summed E-state index contributed by atoms with van der Waals surface area (Å²) < 4.78 is 5.84. The Morgan fingerprint density at radius 1 is 1.35 bits per heavy atom. The number of nitrogens with one attached hydrogen (secondary N) is 1. The number of anilines is 1. The Kier molecular flexibility index (Phi) is 4.37. The van der Waals surface area contributed by atoms with Gasteiger partial charge in [0.05, 0.1) is 6.61 Å². The Labute approximate surface area is 139 Å². The highest BCUT2D eigenvalue weighted by atomic mass is 32.1. The van der Waals surface area contributed by atoms with Crippen LogP contribution in [0, 0.1) is 0 Å². The summed E-state index contributed by atoms with van der Waals surface area (Å²) in [6, 6.07) is 6.88. The lowest BCUT2D eigenvalue weighted by molar-refractivity contribution is 0.0702. The first kappa shape index (κ1) is 15.6. The number of benzene rings is 1. The van der Waals surface area contributed by atoms with Crippen molar-refractivity contribution in [2.75, 3.05) is 12.4 Å². The summed E-state index contributed by atoms with van der Waals surface area (Å²) in [7, 11) is 1.57. The number of aromatic carboxylic acids is 1. The van der Waals surface area contributed by atoms with Crippen LogP contribution < -0.4 is 5.32 Å². The highest BCUT2D eigenvalue weighted by Crippen LogP contribution is 2.28. The standard InChI is InChI=1S/C15H12N2O4S2/c1-21-6-13-17-10(7-22-13)14(18)16-9-2-3-11-8(4-9)5-12(23-11)15(19)20/h2-5,7H,6H2,1H3,(H,16,18)(H,19,20). The number of aromatic nitrogens is 1. The van der Waals surface area contributed by atoms with Crippen LogP contribution in [-0.2, 0) is 11.3 Å². The molecule has 0 bridgehead atoms. The first-order chi connectivity index (χ1) is 11.1. The lowest BCUT2D eigenvalue weighted by Crippen LogP contribution is -2.12. The summed E-state index contributed by atoms with van der Waals surface area (Å²) in [5.74, 6) is -1.26. The van der Waals surface area contributed by atoms with Gasteiger partial charge in [-0.2, -0.15) is 0 Å². The summed E-state index contributed by atoms with van der Waals surface area (Å²) in [4.78, 5) is 27.6. The molecular formula is C15H12N2O4S2. The van der Waals surface area contributed by atoms with Crippen molar-refractivity contribution in [2.24, 2.45) is 0 Å². The number of amides is 1. The number of hydrogen-bond donors (Lipinski definition) is 2. The molecule has 3 rings (SSSR count). The van der Waals surface area contributed by atoms with E-state index in [-0.39, 0.29) is 10.8 Å². The van der Waals surface area contributed by atoms with Gasteiger partial charge in [-0.3, -0.25) is 4.79 Å². The van der Waals surface area contributed by atoms with E-state index in [1.807, 2.05) is 0 Å². The van der Waals surface area contributed by atoms with Crippen LogP contribution in [0.1, 0.15) is 25.2 Å². The minimum atomic E-state index is -0.954. The number of hydrogen-bond acceptors (Lipinski definition) is 6. The molecule has 1 amide bonds. The smallest absolute Gasteiger partial charge is 0.345 e. The predicted molar refractivity (Wildman–Crippen MR) is 89.6 cm³/mol. The maximum atomic E-state index is 12.2. The normalized spacial score (nSPS) is 10.8. The SMILES string of the molecule is COCc1nc(C(=O)Nc2ccc3sc(C(=O)O)cc3c2)cs1. The van der Waals surface area contributed by atoms with E-state index in [9.17, 15) is 9.59 Å². The third kappa shape index (κ3) is 3.39. The Morgan fingerprint density at radius 2 is 2.17 bits per heavy atom. The Bertz CT molecular complexity index is 885. The molecule has 1 aromatic carbocycles. The number of carbonyl (C=O) groups excluding carboxylic acids is 1. The lowest BCUT2D eigenvalue weighted by Gasteiger charge is -2.03. The molecule has 2 heterocycles. The van der Waals surface area contributed by atoms with E-state index in [0.29, 0.717) is 18.0 Å². The number of carboxylic acid groups (broad SMARTS) is 1. The second-order valence-electron chi connectivity index (χ2n) is 4.68. The van der Waals surface area contributed by atoms with E-state index in [0.717, 1.165) is 15.1 Å². The molecule has 2 aromatic heterocycles. The van der Waals surface area contributed by atoms with Gasteiger partial charge in [0.25, 0.3) is 5.91 Å². The molecule has 0 unspecified atom stereocenters. The minimum Gasteiger partial charge on any atom is -0.477 e. The molecule has 0 saturated heterocycles. The summed E-state index contributed by atoms with van der Waals surface area (Å²) in [5, 5.41) is 15.0. The molecule has 118 valence electrons. The van der Waals surface area contributed by atoms with E-state index in [1.54, 1.807) is 36.8 Å². The van der Waals surface area contributed by atoms with Crippen molar-refractivity contribution in [3.05, 3.63) is 45.2 Å². The van der Waals surface area contributed by atoms with Gasteiger partial charge in [0.1, 0.15) is 15.6 Å². The third-order valence-corrected chi connectivity index (χ3v) is 4.96. The number of ether oxygens (including phenoxy) is 1. The molecule has 2 N–H and O–H groups in total.